The molecule has 0 aromatic carbocycles. The number of halogens is 1. The van der Waals surface area contributed by atoms with Gasteiger partial charge in [-0.3, -0.25) is 0 Å². The number of thiophene rings is 1. The van der Waals surface area contributed by atoms with Gasteiger partial charge in [0, 0.05) is 16.6 Å². The Kier molecular flexibility index (Phi) is 3.18. The zero-order valence-electron chi connectivity index (χ0n) is 7.81. The van der Waals surface area contributed by atoms with Gasteiger partial charge in [0.25, 0.3) is 10.0 Å². The van der Waals surface area contributed by atoms with Gasteiger partial charge in [0.2, 0.25) is 0 Å². The topological polar surface area (TPSA) is 72.2 Å². The molecule has 0 saturated heterocycles. The summed E-state index contributed by atoms with van der Waals surface area (Å²) in [6.07, 6.45) is 1.45. The first-order valence-electron chi connectivity index (χ1n) is 4.50. The van der Waals surface area contributed by atoms with Crippen molar-refractivity contribution in [1.29, 1.82) is 0 Å². The molecule has 1 saturated carbocycles. The lowest BCUT2D eigenvalue weighted by Crippen LogP contribution is -2.50. The summed E-state index contributed by atoms with van der Waals surface area (Å²) in [5, 5.41) is 1.74. The Morgan fingerprint density at radius 3 is 2.67 bits per heavy atom. The molecule has 0 unspecified atom stereocenters. The van der Waals surface area contributed by atoms with E-state index in [9.17, 15) is 8.42 Å². The SMILES string of the molecule is NC1CC(NS(=O)(=O)c2sccc2Br)C1. The Hall–Kier alpha value is 0.0500. The lowest BCUT2D eigenvalue weighted by molar-refractivity contribution is 0.327. The number of nitrogens with two attached hydrogens (primary N) is 1. The van der Waals surface area contributed by atoms with Crippen molar-refractivity contribution in [3.05, 3.63) is 15.9 Å². The highest BCUT2D eigenvalue weighted by Gasteiger charge is 2.31. The summed E-state index contributed by atoms with van der Waals surface area (Å²) in [6, 6.07) is 1.87. The van der Waals surface area contributed by atoms with Crippen molar-refractivity contribution in [1.82, 2.24) is 4.72 Å². The van der Waals surface area contributed by atoms with Gasteiger partial charge in [0.1, 0.15) is 4.21 Å². The third-order valence-electron chi connectivity index (χ3n) is 2.32. The third-order valence-corrected chi connectivity index (χ3v) is 6.52. The van der Waals surface area contributed by atoms with E-state index >= 15 is 0 Å². The lowest BCUT2D eigenvalue weighted by atomic mass is 9.89. The number of hydrogen-bond donors (Lipinski definition) is 2. The van der Waals surface area contributed by atoms with Crippen molar-refractivity contribution in [2.75, 3.05) is 0 Å². The predicted molar refractivity (Wildman–Crippen MR) is 63.3 cm³/mol. The van der Waals surface area contributed by atoms with E-state index in [1.165, 1.54) is 11.3 Å². The molecule has 1 heterocycles. The molecule has 0 radical (unpaired) electrons. The monoisotopic (exact) mass is 310 g/mol. The van der Waals surface area contributed by atoms with Crippen LogP contribution in [-0.2, 0) is 10.0 Å². The Balaban J connectivity index is 2.11. The van der Waals surface area contributed by atoms with Crippen molar-refractivity contribution in [2.24, 2.45) is 5.73 Å². The standard InChI is InChI=1S/C8H11BrN2O2S2/c9-7-1-2-14-8(7)15(12,13)11-6-3-5(10)4-6/h1-2,5-6,11H,3-4,10H2. The molecule has 1 aromatic rings. The number of sulfonamides is 1. The van der Waals surface area contributed by atoms with Crippen molar-refractivity contribution in [2.45, 2.75) is 29.1 Å². The Bertz CT molecular complexity index is 451. The van der Waals surface area contributed by atoms with Crippen LogP contribution in [0.25, 0.3) is 0 Å². The molecule has 4 nitrogen and oxygen atoms in total. The molecular weight excluding hydrogens is 300 g/mol. The van der Waals surface area contributed by atoms with E-state index in [1.54, 1.807) is 11.4 Å². The lowest BCUT2D eigenvalue weighted by Gasteiger charge is -2.32. The molecule has 1 aliphatic rings. The maximum atomic E-state index is 11.9. The smallest absolute Gasteiger partial charge is 0.251 e. The van der Waals surface area contributed by atoms with Crippen LogP contribution in [-0.4, -0.2) is 20.5 Å². The molecule has 7 heteroatoms. The summed E-state index contributed by atoms with van der Waals surface area (Å²) >= 11 is 4.42. The van der Waals surface area contributed by atoms with E-state index in [2.05, 4.69) is 20.7 Å². The van der Waals surface area contributed by atoms with E-state index < -0.39 is 10.0 Å². The highest BCUT2D eigenvalue weighted by Crippen LogP contribution is 2.29. The molecule has 0 bridgehead atoms. The highest BCUT2D eigenvalue weighted by molar-refractivity contribution is 9.10. The number of rotatable bonds is 3. The Morgan fingerprint density at radius 1 is 1.53 bits per heavy atom. The van der Waals surface area contributed by atoms with Gasteiger partial charge in [0.15, 0.2) is 0 Å². The van der Waals surface area contributed by atoms with Crippen LogP contribution in [0.4, 0.5) is 0 Å². The zero-order chi connectivity index (χ0) is 11.1. The molecule has 0 spiro atoms. The molecule has 1 aliphatic carbocycles. The highest BCUT2D eigenvalue weighted by atomic mass is 79.9. The van der Waals surface area contributed by atoms with Gasteiger partial charge >= 0.3 is 0 Å². The molecule has 84 valence electrons. The van der Waals surface area contributed by atoms with Gasteiger partial charge in [-0.25, -0.2) is 13.1 Å². The first kappa shape index (κ1) is 11.5. The van der Waals surface area contributed by atoms with Gasteiger partial charge in [0.05, 0.1) is 0 Å². The first-order chi connectivity index (χ1) is 6.99. The minimum absolute atomic E-state index is 0.000926. The van der Waals surface area contributed by atoms with Crippen LogP contribution in [0.1, 0.15) is 12.8 Å². The van der Waals surface area contributed by atoms with Crippen LogP contribution in [0, 0.1) is 0 Å². The number of hydrogen-bond acceptors (Lipinski definition) is 4. The minimum atomic E-state index is -3.37. The fourth-order valence-corrected chi connectivity index (χ4v) is 5.12. The van der Waals surface area contributed by atoms with Crippen molar-refractivity contribution >= 4 is 37.3 Å². The van der Waals surface area contributed by atoms with E-state index in [-0.39, 0.29) is 12.1 Å². The predicted octanol–water partition coefficient (Wildman–Crippen LogP) is 1.28. The molecule has 0 aliphatic heterocycles. The fraction of sp³-hybridized carbons (Fsp3) is 0.500. The second-order valence-corrected chi connectivity index (χ2v) is 7.29. The van der Waals surface area contributed by atoms with Gasteiger partial charge < -0.3 is 5.73 Å². The molecule has 0 amide bonds. The van der Waals surface area contributed by atoms with Crippen LogP contribution in [0.5, 0.6) is 0 Å². The Morgan fingerprint density at radius 2 is 2.20 bits per heavy atom. The summed E-state index contributed by atoms with van der Waals surface area (Å²) in [5.41, 5.74) is 5.59. The van der Waals surface area contributed by atoms with E-state index in [1.807, 2.05) is 0 Å². The fourth-order valence-electron chi connectivity index (χ4n) is 1.50. The van der Waals surface area contributed by atoms with Crippen LogP contribution >= 0.6 is 27.3 Å². The van der Waals surface area contributed by atoms with Gasteiger partial charge in [-0.15, -0.1) is 11.3 Å². The zero-order valence-corrected chi connectivity index (χ0v) is 11.0. The van der Waals surface area contributed by atoms with Gasteiger partial charge in [-0.1, -0.05) is 0 Å². The van der Waals surface area contributed by atoms with Crippen molar-refractivity contribution in [3.8, 4) is 0 Å². The van der Waals surface area contributed by atoms with E-state index in [0.717, 1.165) is 12.8 Å². The maximum Gasteiger partial charge on any atom is 0.251 e. The number of nitrogens with one attached hydrogen (secondary N) is 1. The molecule has 15 heavy (non-hydrogen) atoms. The van der Waals surface area contributed by atoms with Crippen LogP contribution in [0.3, 0.4) is 0 Å². The molecule has 1 aromatic heterocycles. The Labute approximate surface area is 101 Å². The van der Waals surface area contributed by atoms with Gasteiger partial charge in [-0.05, 0) is 40.2 Å². The van der Waals surface area contributed by atoms with Crippen molar-refractivity contribution < 1.29 is 8.42 Å². The van der Waals surface area contributed by atoms with Gasteiger partial charge in [-0.2, -0.15) is 0 Å². The average molecular weight is 311 g/mol. The maximum absolute atomic E-state index is 11.9. The van der Waals surface area contributed by atoms with Crippen molar-refractivity contribution in [3.63, 3.8) is 0 Å². The van der Waals surface area contributed by atoms with E-state index in [4.69, 9.17) is 5.73 Å². The molecule has 0 atom stereocenters. The third kappa shape index (κ3) is 2.42. The summed E-state index contributed by atoms with van der Waals surface area (Å²) in [5.74, 6) is 0. The largest absolute Gasteiger partial charge is 0.328 e. The van der Waals surface area contributed by atoms with Crippen LogP contribution < -0.4 is 10.5 Å². The second kappa shape index (κ2) is 4.14. The quantitative estimate of drug-likeness (QED) is 0.883. The first-order valence-corrected chi connectivity index (χ1v) is 7.65. The molecule has 2 rings (SSSR count). The van der Waals surface area contributed by atoms with Crippen LogP contribution in [0.15, 0.2) is 20.1 Å². The van der Waals surface area contributed by atoms with Crippen LogP contribution in [0.2, 0.25) is 0 Å². The summed E-state index contributed by atoms with van der Waals surface area (Å²) in [6.45, 7) is 0. The summed E-state index contributed by atoms with van der Waals surface area (Å²) < 4.78 is 27.3. The molecular formula is C8H11BrN2O2S2. The summed E-state index contributed by atoms with van der Waals surface area (Å²) in [4.78, 5) is 0. The second-order valence-electron chi connectivity index (χ2n) is 3.61. The minimum Gasteiger partial charge on any atom is -0.328 e. The van der Waals surface area contributed by atoms with E-state index in [0.29, 0.717) is 8.68 Å². The molecule has 1 fully saturated rings. The average Bonchev–Trinajstić information content (AvgIpc) is 2.48. The molecule has 3 N–H and O–H groups in total. The summed E-state index contributed by atoms with van der Waals surface area (Å²) in [7, 11) is -3.37. The normalized spacial score (nSPS) is 26.3.